The first-order chi connectivity index (χ1) is 13.9. The van der Waals surface area contributed by atoms with E-state index in [1.165, 1.54) is 38.5 Å². The molecule has 2 fully saturated rings. The second kappa shape index (κ2) is 10.9. The van der Waals surface area contributed by atoms with Gasteiger partial charge in [-0.2, -0.15) is 0 Å². The van der Waals surface area contributed by atoms with Crippen molar-refractivity contribution in [3.05, 3.63) is 35.4 Å². The molecule has 3 rings (SSSR count). The summed E-state index contributed by atoms with van der Waals surface area (Å²) < 4.78 is 28.5. The SMILES string of the molecule is CC(CC1CCCCC1)NCc1ccccc1CS(=O)(=O)NC1CCN(C)CC1. The van der Waals surface area contributed by atoms with Crippen molar-refractivity contribution in [2.24, 2.45) is 5.92 Å². The molecule has 0 radical (unpaired) electrons. The number of benzene rings is 1. The summed E-state index contributed by atoms with van der Waals surface area (Å²) >= 11 is 0. The molecule has 6 heteroatoms. The van der Waals surface area contributed by atoms with Gasteiger partial charge in [-0.15, -0.1) is 0 Å². The van der Waals surface area contributed by atoms with E-state index in [2.05, 4.69) is 35.0 Å². The Bertz CT molecular complexity index is 723. The van der Waals surface area contributed by atoms with E-state index in [0.717, 1.165) is 49.5 Å². The molecule has 0 aromatic heterocycles. The van der Waals surface area contributed by atoms with Crippen LogP contribution >= 0.6 is 0 Å². The molecule has 0 amide bonds. The molecule has 5 nitrogen and oxygen atoms in total. The fourth-order valence-corrected chi connectivity index (χ4v) is 6.31. The first-order valence-electron chi connectivity index (χ1n) is 11.4. The summed E-state index contributed by atoms with van der Waals surface area (Å²) in [6.45, 7) is 4.89. The Balaban J connectivity index is 1.52. The van der Waals surface area contributed by atoms with E-state index in [1.54, 1.807) is 0 Å². The average molecular weight is 422 g/mol. The van der Waals surface area contributed by atoms with E-state index in [9.17, 15) is 8.42 Å². The third-order valence-corrected chi connectivity index (χ3v) is 7.96. The van der Waals surface area contributed by atoms with Gasteiger partial charge in [0.15, 0.2) is 0 Å². The Kier molecular flexibility index (Phi) is 8.54. The van der Waals surface area contributed by atoms with Crippen LogP contribution in [0.2, 0.25) is 0 Å². The summed E-state index contributed by atoms with van der Waals surface area (Å²) in [4.78, 5) is 2.25. The lowest BCUT2D eigenvalue weighted by Crippen LogP contribution is -2.43. The van der Waals surface area contributed by atoms with Gasteiger partial charge in [-0.05, 0) is 63.4 Å². The van der Waals surface area contributed by atoms with Gasteiger partial charge in [0.1, 0.15) is 0 Å². The largest absolute Gasteiger partial charge is 0.310 e. The molecule has 1 aliphatic heterocycles. The molecule has 0 spiro atoms. The van der Waals surface area contributed by atoms with Crippen LogP contribution in [0, 0.1) is 5.92 Å². The van der Waals surface area contributed by atoms with Gasteiger partial charge in [0.2, 0.25) is 10.0 Å². The second-order valence-electron chi connectivity index (χ2n) is 9.24. The lowest BCUT2D eigenvalue weighted by Gasteiger charge is -2.29. The minimum Gasteiger partial charge on any atom is -0.310 e. The highest BCUT2D eigenvalue weighted by Gasteiger charge is 2.23. The van der Waals surface area contributed by atoms with Gasteiger partial charge in [-0.1, -0.05) is 56.4 Å². The second-order valence-corrected chi connectivity index (χ2v) is 11.0. The molecule has 2 N–H and O–H groups in total. The highest BCUT2D eigenvalue weighted by Crippen LogP contribution is 2.27. The van der Waals surface area contributed by atoms with Crippen LogP contribution in [-0.2, 0) is 22.3 Å². The molecule has 1 aliphatic carbocycles. The minimum atomic E-state index is -3.33. The lowest BCUT2D eigenvalue weighted by molar-refractivity contribution is 0.248. The van der Waals surface area contributed by atoms with E-state index in [1.807, 2.05) is 18.2 Å². The van der Waals surface area contributed by atoms with Crippen LogP contribution in [0.1, 0.15) is 69.4 Å². The first-order valence-corrected chi connectivity index (χ1v) is 13.1. The molecule has 1 aromatic rings. The van der Waals surface area contributed by atoms with Crippen molar-refractivity contribution in [1.29, 1.82) is 0 Å². The first kappa shape index (κ1) is 22.7. The summed E-state index contributed by atoms with van der Waals surface area (Å²) in [5.41, 5.74) is 2.00. The number of likely N-dealkylation sites (tertiary alicyclic amines) is 1. The molecule has 1 aromatic carbocycles. The maximum absolute atomic E-state index is 12.8. The lowest BCUT2D eigenvalue weighted by atomic mass is 9.85. The molecular formula is C23H39N3O2S. The molecule has 164 valence electrons. The van der Waals surface area contributed by atoms with E-state index in [-0.39, 0.29) is 11.8 Å². The van der Waals surface area contributed by atoms with Crippen molar-refractivity contribution in [3.63, 3.8) is 0 Å². The van der Waals surface area contributed by atoms with Crippen molar-refractivity contribution in [3.8, 4) is 0 Å². The smallest absolute Gasteiger partial charge is 0.216 e. The maximum Gasteiger partial charge on any atom is 0.216 e. The normalized spacial score (nSPS) is 21.3. The van der Waals surface area contributed by atoms with Crippen LogP contribution in [0.3, 0.4) is 0 Å². The Morgan fingerprint density at radius 3 is 2.38 bits per heavy atom. The van der Waals surface area contributed by atoms with Crippen LogP contribution in [0.15, 0.2) is 24.3 Å². The number of hydrogen-bond donors (Lipinski definition) is 2. The fourth-order valence-electron chi connectivity index (χ4n) is 4.79. The van der Waals surface area contributed by atoms with E-state index in [4.69, 9.17) is 0 Å². The zero-order valence-corrected chi connectivity index (χ0v) is 19.0. The van der Waals surface area contributed by atoms with Crippen LogP contribution in [-0.4, -0.2) is 45.5 Å². The van der Waals surface area contributed by atoms with Gasteiger partial charge < -0.3 is 10.2 Å². The molecular weight excluding hydrogens is 382 g/mol. The van der Waals surface area contributed by atoms with Gasteiger partial charge in [0.05, 0.1) is 5.75 Å². The topological polar surface area (TPSA) is 61.4 Å². The van der Waals surface area contributed by atoms with Crippen LogP contribution in [0.5, 0.6) is 0 Å². The zero-order chi connectivity index (χ0) is 20.7. The van der Waals surface area contributed by atoms with Gasteiger partial charge in [0, 0.05) is 18.6 Å². The molecule has 29 heavy (non-hydrogen) atoms. The summed E-state index contributed by atoms with van der Waals surface area (Å²) in [7, 11) is -1.25. The zero-order valence-electron chi connectivity index (χ0n) is 18.2. The van der Waals surface area contributed by atoms with Crippen molar-refractivity contribution >= 4 is 10.0 Å². The Labute approximate surface area is 177 Å². The molecule has 2 aliphatic rings. The number of sulfonamides is 1. The molecule has 1 unspecified atom stereocenters. The van der Waals surface area contributed by atoms with Gasteiger partial charge >= 0.3 is 0 Å². The Morgan fingerprint density at radius 1 is 1.03 bits per heavy atom. The van der Waals surface area contributed by atoms with Gasteiger partial charge in [0.25, 0.3) is 0 Å². The summed E-state index contributed by atoms with van der Waals surface area (Å²) in [5.74, 6) is 0.911. The number of nitrogens with zero attached hydrogens (tertiary/aromatic N) is 1. The number of hydrogen-bond acceptors (Lipinski definition) is 4. The van der Waals surface area contributed by atoms with Crippen molar-refractivity contribution in [2.45, 2.75) is 82.7 Å². The van der Waals surface area contributed by atoms with Crippen molar-refractivity contribution < 1.29 is 8.42 Å². The van der Waals surface area contributed by atoms with E-state index >= 15 is 0 Å². The predicted octanol–water partition coefficient (Wildman–Crippen LogP) is 3.65. The predicted molar refractivity (Wildman–Crippen MR) is 120 cm³/mol. The van der Waals surface area contributed by atoms with Crippen molar-refractivity contribution in [1.82, 2.24) is 14.9 Å². The highest BCUT2D eigenvalue weighted by atomic mass is 32.2. The summed E-state index contributed by atoms with van der Waals surface area (Å²) in [5, 5.41) is 3.64. The monoisotopic (exact) mass is 421 g/mol. The molecule has 1 atom stereocenters. The van der Waals surface area contributed by atoms with Crippen LogP contribution in [0.4, 0.5) is 0 Å². The third-order valence-electron chi connectivity index (χ3n) is 6.58. The highest BCUT2D eigenvalue weighted by molar-refractivity contribution is 7.88. The Morgan fingerprint density at radius 2 is 1.69 bits per heavy atom. The van der Waals surface area contributed by atoms with Crippen molar-refractivity contribution in [2.75, 3.05) is 20.1 Å². The average Bonchev–Trinajstić information content (AvgIpc) is 2.69. The maximum atomic E-state index is 12.8. The molecule has 1 saturated carbocycles. The van der Waals surface area contributed by atoms with E-state index in [0.29, 0.717) is 6.04 Å². The molecule has 1 heterocycles. The minimum absolute atomic E-state index is 0.0637. The van der Waals surface area contributed by atoms with Crippen LogP contribution in [0.25, 0.3) is 0 Å². The third kappa shape index (κ3) is 7.67. The Hall–Kier alpha value is -0.950. The van der Waals surface area contributed by atoms with Gasteiger partial charge in [-0.25, -0.2) is 13.1 Å². The standard InChI is InChI=1S/C23H39N3O2S/c1-19(16-20-8-4-3-5-9-20)24-17-21-10-6-7-11-22(21)18-29(27,28)25-23-12-14-26(2)15-13-23/h6-7,10-11,19-20,23-25H,3-5,8-9,12-18H2,1-2H3. The number of piperidine rings is 1. The molecule has 0 bridgehead atoms. The number of rotatable bonds is 9. The van der Waals surface area contributed by atoms with E-state index < -0.39 is 10.0 Å². The fraction of sp³-hybridized carbons (Fsp3) is 0.739. The number of nitrogens with one attached hydrogen (secondary N) is 2. The quantitative estimate of drug-likeness (QED) is 0.639. The molecule has 1 saturated heterocycles. The van der Waals surface area contributed by atoms with Gasteiger partial charge in [-0.3, -0.25) is 0 Å². The summed E-state index contributed by atoms with van der Waals surface area (Å²) in [6, 6.07) is 8.48. The summed E-state index contributed by atoms with van der Waals surface area (Å²) in [6.07, 6.45) is 9.87. The van der Waals surface area contributed by atoms with Crippen LogP contribution < -0.4 is 10.0 Å².